The van der Waals surface area contributed by atoms with Crippen molar-refractivity contribution in [2.75, 3.05) is 0 Å². The molecule has 1 radical (unpaired) electrons. The molecule has 0 fully saturated rings. The Bertz CT molecular complexity index is 1250. The SMILES string of the molecule is CC(=[OH+])/C=C(/C)O.CC(C)(C)c1c[c-]c(-c2nccc3c2ccc2ccccc23)cc1.[Ir]. The topological polar surface area (TPSA) is 54.5 Å². The molecule has 4 heteroatoms. The van der Waals surface area contributed by atoms with E-state index < -0.39 is 0 Å². The standard InChI is InChI=1S/C23H20N.C5H8O2.Ir/c1-23(2,3)18-11-8-17(9-12-18)22-21-13-10-16-6-4-5-7-19(16)20(21)14-15-24-22;1-4(6)3-5(2)7;/h4-8,10-15H,1-3H3;3,6H,1-2H3;/q-1;;/p+1/b;4-3-;. The Hall–Kier alpha value is -2.81. The number of pyridine rings is 1. The van der Waals surface area contributed by atoms with Gasteiger partial charge in [-0.1, -0.05) is 57.2 Å². The quantitative estimate of drug-likeness (QED) is 0.0869. The Labute approximate surface area is 203 Å². The Morgan fingerprint density at radius 1 is 0.938 bits per heavy atom. The van der Waals surface area contributed by atoms with Crippen molar-refractivity contribution in [3.05, 3.63) is 90.3 Å². The second-order valence-electron chi connectivity index (χ2n) is 8.71. The number of carbonyl (C=O) groups excluding carboxylic acids is 1. The summed E-state index contributed by atoms with van der Waals surface area (Å²) in [5, 5.41) is 13.3. The van der Waals surface area contributed by atoms with E-state index in [0.717, 1.165) is 11.3 Å². The third kappa shape index (κ3) is 6.12. The van der Waals surface area contributed by atoms with Gasteiger partial charge < -0.3 is 10.1 Å². The van der Waals surface area contributed by atoms with Crippen LogP contribution in [0.5, 0.6) is 0 Å². The van der Waals surface area contributed by atoms with E-state index in [9.17, 15) is 0 Å². The molecule has 4 aromatic rings. The van der Waals surface area contributed by atoms with E-state index in [1.165, 1.54) is 47.0 Å². The molecule has 3 nitrogen and oxygen atoms in total. The molecule has 32 heavy (non-hydrogen) atoms. The summed E-state index contributed by atoms with van der Waals surface area (Å²) < 4.78 is 0. The molecule has 4 rings (SSSR count). The minimum Gasteiger partial charge on any atom is -0.512 e. The molecule has 2 N–H and O–H groups in total. The van der Waals surface area contributed by atoms with E-state index in [0.29, 0.717) is 0 Å². The van der Waals surface area contributed by atoms with E-state index in [-0.39, 0.29) is 37.1 Å². The second-order valence-corrected chi connectivity index (χ2v) is 8.71. The van der Waals surface area contributed by atoms with Gasteiger partial charge in [0.2, 0.25) is 0 Å². The van der Waals surface area contributed by atoms with Crippen LogP contribution in [0.2, 0.25) is 0 Å². The zero-order chi connectivity index (χ0) is 22.6. The molecule has 0 spiro atoms. The molecule has 0 aliphatic carbocycles. The zero-order valence-electron chi connectivity index (χ0n) is 19.1. The molecule has 0 amide bonds. The summed E-state index contributed by atoms with van der Waals surface area (Å²) in [6, 6.07) is 24.8. The predicted molar refractivity (Wildman–Crippen MR) is 131 cm³/mol. The summed E-state index contributed by atoms with van der Waals surface area (Å²) in [7, 11) is 0. The molecule has 167 valence electrons. The van der Waals surface area contributed by atoms with Gasteiger partial charge in [-0.25, -0.2) is 0 Å². The number of aromatic nitrogens is 1. The Balaban J connectivity index is 0.000000398. The average molecular weight is 604 g/mol. The van der Waals surface area contributed by atoms with Gasteiger partial charge in [-0.3, -0.25) is 4.79 Å². The Morgan fingerprint density at radius 3 is 2.22 bits per heavy atom. The smallest absolute Gasteiger partial charge is 0.316 e. The van der Waals surface area contributed by atoms with Crippen molar-refractivity contribution in [3.63, 3.8) is 0 Å². The molecule has 1 aromatic heterocycles. The van der Waals surface area contributed by atoms with E-state index >= 15 is 0 Å². The summed E-state index contributed by atoms with van der Waals surface area (Å²) in [6.07, 6.45) is 3.18. The molecule has 3 aromatic carbocycles. The number of ketones is 1. The maximum atomic E-state index is 8.40. The number of benzene rings is 3. The molecule has 1 heterocycles. The molecule has 0 aliphatic rings. The van der Waals surface area contributed by atoms with Crippen molar-refractivity contribution in [3.8, 4) is 11.3 Å². The summed E-state index contributed by atoms with van der Waals surface area (Å²) in [4.78, 5) is 13.0. The molecule has 0 bridgehead atoms. The van der Waals surface area contributed by atoms with Crippen LogP contribution in [0.4, 0.5) is 0 Å². The number of aliphatic hydroxyl groups excluding tert-OH is 1. The van der Waals surface area contributed by atoms with Gasteiger partial charge in [0.05, 0.1) is 18.8 Å². The molecule has 0 unspecified atom stereocenters. The second kappa shape index (κ2) is 10.7. The van der Waals surface area contributed by atoms with Gasteiger partial charge in [-0.2, -0.15) is 0 Å². The maximum absolute atomic E-state index is 8.40. The van der Waals surface area contributed by atoms with Crippen LogP contribution in [-0.4, -0.2) is 20.7 Å². The van der Waals surface area contributed by atoms with Crippen LogP contribution in [0.15, 0.2) is 78.7 Å². The fourth-order valence-corrected chi connectivity index (χ4v) is 3.49. The number of nitrogens with zero attached hydrogens (tertiary/aromatic N) is 1. The first-order chi connectivity index (χ1) is 14.7. The minimum atomic E-state index is 0. The van der Waals surface area contributed by atoms with Crippen LogP contribution in [0.1, 0.15) is 40.2 Å². The number of aliphatic hydroxyl groups is 1. The molecular formula is C28H29IrNO2. The number of rotatable bonds is 2. The molecule has 0 atom stereocenters. The van der Waals surface area contributed by atoms with Crippen molar-refractivity contribution in [2.45, 2.75) is 40.0 Å². The first-order valence-corrected chi connectivity index (χ1v) is 10.4. The summed E-state index contributed by atoms with van der Waals surface area (Å²) in [6.45, 7) is 9.66. The van der Waals surface area contributed by atoms with E-state index in [1.807, 2.05) is 6.20 Å². The number of hydrogen-bond acceptors (Lipinski definition) is 2. The van der Waals surface area contributed by atoms with Gasteiger partial charge in [0.1, 0.15) is 0 Å². The van der Waals surface area contributed by atoms with Crippen molar-refractivity contribution >= 4 is 27.3 Å². The van der Waals surface area contributed by atoms with E-state index in [4.69, 9.17) is 9.90 Å². The first kappa shape index (κ1) is 25.4. The predicted octanol–water partition coefficient (Wildman–Crippen LogP) is 7.16. The third-order valence-corrected chi connectivity index (χ3v) is 5.02. The van der Waals surface area contributed by atoms with Gasteiger partial charge in [-0.15, -0.1) is 35.4 Å². The van der Waals surface area contributed by atoms with Crippen molar-refractivity contribution < 1.29 is 30.0 Å². The summed E-state index contributed by atoms with van der Waals surface area (Å²) >= 11 is 0. The van der Waals surface area contributed by atoms with Crippen molar-refractivity contribution in [1.29, 1.82) is 0 Å². The monoisotopic (exact) mass is 604 g/mol. The van der Waals surface area contributed by atoms with Crippen LogP contribution in [-0.2, 0) is 25.5 Å². The largest absolute Gasteiger partial charge is 0.512 e. The average Bonchev–Trinajstić information content (AvgIpc) is 2.72. The summed E-state index contributed by atoms with van der Waals surface area (Å²) in [5.41, 5.74) is 3.47. The molecule has 0 aliphatic heterocycles. The van der Waals surface area contributed by atoms with Gasteiger partial charge in [0.15, 0.2) is 0 Å². The van der Waals surface area contributed by atoms with Gasteiger partial charge in [0.25, 0.3) is 0 Å². The van der Waals surface area contributed by atoms with Crippen LogP contribution >= 0.6 is 0 Å². The normalized spacial score (nSPS) is 11.5. The van der Waals surface area contributed by atoms with Gasteiger partial charge in [0, 0.05) is 26.3 Å². The molecule has 0 saturated carbocycles. The third-order valence-electron chi connectivity index (χ3n) is 5.02. The van der Waals surface area contributed by atoms with E-state index in [1.54, 1.807) is 0 Å². The van der Waals surface area contributed by atoms with Gasteiger partial charge in [-0.05, 0) is 45.6 Å². The molecular weight excluding hydrogens is 575 g/mol. The number of allylic oxidation sites excluding steroid dienone is 2. The van der Waals surface area contributed by atoms with Crippen molar-refractivity contribution in [1.82, 2.24) is 4.98 Å². The minimum absolute atomic E-state index is 0. The fourth-order valence-electron chi connectivity index (χ4n) is 3.49. The van der Waals surface area contributed by atoms with Crippen LogP contribution in [0.25, 0.3) is 32.8 Å². The first-order valence-electron chi connectivity index (χ1n) is 10.4. The van der Waals surface area contributed by atoms with Gasteiger partial charge >= 0.3 is 5.78 Å². The fraction of sp³-hybridized carbons (Fsp3) is 0.214. The van der Waals surface area contributed by atoms with Crippen molar-refractivity contribution in [2.24, 2.45) is 0 Å². The molecule has 0 saturated heterocycles. The van der Waals surface area contributed by atoms with Crippen LogP contribution in [0.3, 0.4) is 0 Å². The van der Waals surface area contributed by atoms with Crippen LogP contribution in [0, 0.1) is 6.07 Å². The Kier molecular flexibility index (Phi) is 8.49. The van der Waals surface area contributed by atoms with E-state index in [2.05, 4.69) is 92.5 Å². The maximum Gasteiger partial charge on any atom is 0.316 e. The number of hydrogen-bond donors (Lipinski definition) is 1. The Morgan fingerprint density at radius 2 is 1.66 bits per heavy atom. The number of fused-ring (bicyclic) bond motifs is 3. The van der Waals surface area contributed by atoms with Crippen LogP contribution < -0.4 is 0 Å². The zero-order valence-corrected chi connectivity index (χ0v) is 21.5. The summed E-state index contributed by atoms with van der Waals surface area (Å²) in [5.74, 6) is 0.250.